The molecule has 1 aliphatic rings. The molecule has 0 aliphatic heterocycles. The van der Waals surface area contributed by atoms with Crippen molar-refractivity contribution in [1.29, 1.82) is 0 Å². The fourth-order valence-corrected chi connectivity index (χ4v) is 2.36. The molecule has 0 bridgehead atoms. The van der Waals surface area contributed by atoms with E-state index >= 15 is 0 Å². The van der Waals surface area contributed by atoms with Gasteiger partial charge in [0.25, 0.3) is 0 Å². The zero-order valence-electron chi connectivity index (χ0n) is 9.81. The van der Waals surface area contributed by atoms with Crippen LogP contribution in [0.5, 0.6) is 0 Å². The van der Waals surface area contributed by atoms with Crippen molar-refractivity contribution < 1.29 is 5.11 Å². The maximum absolute atomic E-state index is 9.23. The number of rotatable bonds is 4. The minimum atomic E-state index is -0.00147. The van der Waals surface area contributed by atoms with E-state index in [9.17, 15) is 5.11 Å². The van der Waals surface area contributed by atoms with Gasteiger partial charge in [0.1, 0.15) is 0 Å². The Bertz CT molecular complexity index is 376. The first-order chi connectivity index (χ1) is 7.56. The molecule has 0 atom stereocenters. The minimum Gasteiger partial charge on any atom is -0.394 e. The lowest BCUT2D eigenvalue weighted by molar-refractivity contribution is 0.229. The van der Waals surface area contributed by atoms with Crippen LogP contribution in [0.2, 0.25) is 5.02 Å². The van der Waals surface area contributed by atoms with Crippen molar-refractivity contribution in [3.63, 3.8) is 0 Å². The third-order valence-electron chi connectivity index (χ3n) is 3.46. The molecular weight excluding hydrogens is 222 g/mol. The van der Waals surface area contributed by atoms with Crippen molar-refractivity contribution in [1.82, 2.24) is 5.32 Å². The van der Waals surface area contributed by atoms with Crippen LogP contribution in [-0.2, 0) is 6.54 Å². The van der Waals surface area contributed by atoms with Gasteiger partial charge in [-0.15, -0.1) is 0 Å². The summed E-state index contributed by atoms with van der Waals surface area (Å²) >= 11 is 5.99. The van der Waals surface area contributed by atoms with Gasteiger partial charge in [0.15, 0.2) is 0 Å². The van der Waals surface area contributed by atoms with Gasteiger partial charge in [0.2, 0.25) is 0 Å². The van der Waals surface area contributed by atoms with E-state index in [0.717, 1.165) is 24.4 Å². The van der Waals surface area contributed by atoms with Crippen molar-refractivity contribution in [3.05, 3.63) is 33.8 Å². The monoisotopic (exact) mass is 239 g/mol. The number of benzene rings is 1. The molecule has 2 nitrogen and oxygen atoms in total. The summed E-state index contributed by atoms with van der Waals surface area (Å²) in [5.41, 5.74) is 3.72. The molecule has 1 aromatic rings. The lowest BCUT2D eigenvalue weighted by atomic mass is 10.0. The van der Waals surface area contributed by atoms with E-state index in [4.69, 9.17) is 11.6 Å². The van der Waals surface area contributed by atoms with Crippen LogP contribution >= 0.6 is 11.6 Å². The maximum atomic E-state index is 9.23. The smallest absolute Gasteiger partial charge is 0.0613 e. The van der Waals surface area contributed by atoms with E-state index in [2.05, 4.69) is 19.2 Å². The molecule has 1 fully saturated rings. The van der Waals surface area contributed by atoms with E-state index in [-0.39, 0.29) is 12.1 Å². The molecular formula is C13H18ClNO. The molecule has 1 aromatic carbocycles. The Morgan fingerprint density at radius 1 is 1.31 bits per heavy atom. The summed E-state index contributed by atoms with van der Waals surface area (Å²) in [4.78, 5) is 0. The Morgan fingerprint density at radius 2 is 1.88 bits per heavy atom. The first-order valence-corrected chi connectivity index (χ1v) is 6.06. The van der Waals surface area contributed by atoms with Gasteiger partial charge >= 0.3 is 0 Å². The van der Waals surface area contributed by atoms with Gasteiger partial charge in [0, 0.05) is 17.1 Å². The normalized spacial score (nSPS) is 17.5. The predicted molar refractivity (Wildman–Crippen MR) is 66.8 cm³/mol. The second-order valence-corrected chi connectivity index (χ2v) is 5.25. The van der Waals surface area contributed by atoms with Gasteiger partial charge in [-0.1, -0.05) is 11.6 Å². The summed E-state index contributed by atoms with van der Waals surface area (Å²) in [6.45, 7) is 5.21. The third kappa shape index (κ3) is 2.40. The Hall–Kier alpha value is -0.570. The van der Waals surface area contributed by atoms with E-state index in [0.29, 0.717) is 0 Å². The summed E-state index contributed by atoms with van der Waals surface area (Å²) in [6.07, 6.45) is 2.16. The summed E-state index contributed by atoms with van der Waals surface area (Å²) in [6, 6.07) is 3.98. The number of aryl methyl sites for hydroxylation is 2. The highest BCUT2D eigenvalue weighted by molar-refractivity contribution is 6.30. The topological polar surface area (TPSA) is 32.3 Å². The number of aliphatic hydroxyl groups is 1. The summed E-state index contributed by atoms with van der Waals surface area (Å²) < 4.78 is 0. The highest BCUT2D eigenvalue weighted by Gasteiger charge is 2.41. The molecule has 0 spiro atoms. The Labute approximate surface area is 102 Å². The van der Waals surface area contributed by atoms with Crippen LogP contribution in [0.3, 0.4) is 0 Å². The van der Waals surface area contributed by atoms with Crippen molar-refractivity contribution in [3.8, 4) is 0 Å². The molecule has 1 aliphatic carbocycles. The largest absolute Gasteiger partial charge is 0.394 e. The van der Waals surface area contributed by atoms with E-state index in [1.165, 1.54) is 16.7 Å². The zero-order valence-corrected chi connectivity index (χ0v) is 10.6. The Balaban J connectivity index is 2.09. The Kier molecular flexibility index (Phi) is 3.24. The van der Waals surface area contributed by atoms with Crippen LogP contribution in [0.15, 0.2) is 12.1 Å². The number of nitrogens with one attached hydrogen (secondary N) is 1. The Morgan fingerprint density at radius 3 is 2.31 bits per heavy atom. The molecule has 0 unspecified atom stereocenters. The fraction of sp³-hybridized carbons (Fsp3) is 0.538. The van der Waals surface area contributed by atoms with Gasteiger partial charge in [-0.05, 0) is 55.5 Å². The van der Waals surface area contributed by atoms with Gasteiger partial charge < -0.3 is 10.4 Å². The molecule has 16 heavy (non-hydrogen) atoms. The molecule has 2 N–H and O–H groups in total. The summed E-state index contributed by atoms with van der Waals surface area (Å²) in [7, 11) is 0. The molecule has 2 rings (SSSR count). The van der Waals surface area contributed by atoms with Crippen molar-refractivity contribution >= 4 is 11.6 Å². The van der Waals surface area contributed by atoms with Gasteiger partial charge in [-0.25, -0.2) is 0 Å². The lowest BCUT2D eigenvalue weighted by Crippen LogP contribution is -2.34. The molecule has 0 saturated heterocycles. The lowest BCUT2D eigenvalue weighted by Gasteiger charge is -2.17. The standard InChI is InChI=1S/C13H18ClNO/c1-9-5-11(14)6-10(2)12(9)7-15-13(8-16)3-4-13/h5-6,15-16H,3-4,7-8H2,1-2H3. The number of hydrogen-bond acceptors (Lipinski definition) is 2. The van der Waals surface area contributed by atoms with Crippen LogP contribution in [0, 0.1) is 13.8 Å². The van der Waals surface area contributed by atoms with Crippen LogP contribution < -0.4 is 5.32 Å². The first kappa shape index (κ1) is 11.9. The second-order valence-electron chi connectivity index (χ2n) is 4.81. The highest BCUT2D eigenvalue weighted by Crippen LogP contribution is 2.35. The number of halogens is 1. The molecule has 3 heteroatoms. The maximum Gasteiger partial charge on any atom is 0.0613 e. The molecule has 0 aromatic heterocycles. The van der Waals surface area contributed by atoms with Gasteiger partial charge in [0.05, 0.1) is 6.61 Å². The van der Waals surface area contributed by atoms with Crippen molar-refractivity contribution in [2.24, 2.45) is 0 Å². The van der Waals surface area contributed by atoms with Crippen LogP contribution in [0.25, 0.3) is 0 Å². The van der Waals surface area contributed by atoms with Crippen LogP contribution in [0.1, 0.15) is 29.5 Å². The van der Waals surface area contributed by atoms with Crippen molar-refractivity contribution in [2.45, 2.75) is 38.8 Å². The first-order valence-electron chi connectivity index (χ1n) is 5.68. The van der Waals surface area contributed by atoms with E-state index in [1.54, 1.807) is 0 Å². The van der Waals surface area contributed by atoms with Crippen LogP contribution in [-0.4, -0.2) is 17.3 Å². The zero-order chi connectivity index (χ0) is 11.8. The van der Waals surface area contributed by atoms with Crippen molar-refractivity contribution in [2.75, 3.05) is 6.61 Å². The highest BCUT2D eigenvalue weighted by atomic mass is 35.5. The molecule has 88 valence electrons. The quantitative estimate of drug-likeness (QED) is 0.847. The SMILES string of the molecule is Cc1cc(Cl)cc(C)c1CNC1(CO)CC1. The van der Waals surface area contributed by atoms with Gasteiger partial charge in [-0.2, -0.15) is 0 Å². The summed E-state index contributed by atoms with van der Waals surface area (Å²) in [5, 5.41) is 13.5. The fourth-order valence-electron chi connectivity index (χ4n) is 2.04. The van der Waals surface area contributed by atoms with E-state index in [1.807, 2.05) is 12.1 Å². The molecule has 0 heterocycles. The third-order valence-corrected chi connectivity index (χ3v) is 3.68. The molecule has 0 amide bonds. The predicted octanol–water partition coefficient (Wildman–Crippen LogP) is 2.57. The molecule has 0 radical (unpaired) electrons. The average Bonchev–Trinajstić information content (AvgIpc) is 2.97. The number of aliphatic hydroxyl groups excluding tert-OH is 1. The van der Waals surface area contributed by atoms with Gasteiger partial charge in [-0.3, -0.25) is 0 Å². The van der Waals surface area contributed by atoms with E-state index < -0.39 is 0 Å². The van der Waals surface area contributed by atoms with Crippen LogP contribution in [0.4, 0.5) is 0 Å². The average molecular weight is 240 g/mol. The second kappa shape index (κ2) is 4.36. The minimum absolute atomic E-state index is 0.00147. The summed E-state index contributed by atoms with van der Waals surface area (Å²) in [5.74, 6) is 0. The molecule has 1 saturated carbocycles. The number of hydrogen-bond donors (Lipinski definition) is 2.